The molecule has 0 aliphatic carbocycles. The normalized spacial score (nSPS) is 11.8. The van der Waals surface area contributed by atoms with Crippen molar-refractivity contribution in [1.82, 2.24) is 9.13 Å². The van der Waals surface area contributed by atoms with Gasteiger partial charge in [-0.05, 0) is 86.0 Å². The molecule has 0 fully saturated rings. The fraction of sp³-hybridized carbons (Fsp3) is 0.179. The fourth-order valence-electron chi connectivity index (χ4n) is 6.33. The molecular formula is C39H30F6N2O8. The van der Waals surface area contributed by atoms with Gasteiger partial charge in [-0.2, -0.15) is 0 Å². The summed E-state index contributed by atoms with van der Waals surface area (Å²) in [5.41, 5.74) is -0.105. The van der Waals surface area contributed by atoms with E-state index in [-0.39, 0.29) is 55.6 Å². The second-order valence-electron chi connectivity index (χ2n) is 12.7. The van der Waals surface area contributed by atoms with Crippen molar-refractivity contribution >= 4 is 45.6 Å². The van der Waals surface area contributed by atoms with Gasteiger partial charge in [-0.3, -0.25) is 28.3 Å². The number of ether oxygens (including phenoxy) is 1. The average Bonchev–Trinajstić information content (AvgIpc) is 3.56. The van der Waals surface area contributed by atoms with Gasteiger partial charge in [-0.1, -0.05) is 13.8 Å². The molecule has 0 bridgehead atoms. The highest BCUT2D eigenvalue weighted by molar-refractivity contribution is 6.07. The van der Waals surface area contributed by atoms with Crippen molar-refractivity contribution < 1.29 is 65.6 Å². The van der Waals surface area contributed by atoms with Crippen LogP contribution in [-0.2, 0) is 9.59 Å². The molecule has 0 saturated carbocycles. The van der Waals surface area contributed by atoms with Crippen molar-refractivity contribution in [2.45, 2.75) is 40.5 Å². The second kappa shape index (κ2) is 15.0. The van der Waals surface area contributed by atoms with Crippen LogP contribution in [-0.4, -0.2) is 48.2 Å². The van der Waals surface area contributed by atoms with Gasteiger partial charge in [0.05, 0.1) is 28.0 Å². The predicted octanol–water partition coefficient (Wildman–Crippen LogP) is 8.27. The van der Waals surface area contributed by atoms with Gasteiger partial charge < -0.3 is 20.1 Å². The van der Waals surface area contributed by atoms with Crippen LogP contribution >= 0.6 is 0 Å². The molecule has 16 heteroatoms. The lowest BCUT2D eigenvalue weighted by Crippen LogP contribution is -2.20. The highest BCUT2D eigenvalue weighted by atomic mass is 19.2. The van der Waals surface area contributed by atoms with E-state index < -0.39 is 82.0 Å². The monoisotopic (exact) mass is 768 g/mol. The van der Waals surface area contributed by atoms with Crippen LogP contribution in [0.25, 0.3) is 21.8 Å². The van der Waals surface area contributed by atoms with Crippen LogP contribution < -0.4 is 4.74 Å². The fourth-order valence-corrected chi connectivity index (χ4v) is 6.33. The molecule has 55 heavy (non-hydrogen) atoms. The molecule has 1 unspecified atom stereocenters. The minimum atomic E-state index is -1.22. The smallest absolute Gasteiger partial charge is 0.311 e. The van der Waals surface area contributed by atoms with Crippen molar-refractivity contribution in [3.63, 3.8) is 0 Å². The maximum absolute atomic E-state index is 14.8. The van der Waals surface area contributed by atoms with Gasteiger partial charge in [0.2, 0.25) is 0 Å². The Labute approximate surface area is 307 Å². The number of halogens is 6. The van der Waals surface area contributed by atoms with Gasteiger partial charge in [0, 0.05) is 29.1 Å². The number of fused-ring (bicyclic) bond motifs is 2. The molecule has 6 rings (SSSR count). The summed E-state index contributed by atoms with van der Waals surface area (Å²) in [5, 5.41) is 28.7. The lowest BCUT2D eigenvalue weighted by Gasteiger charge is -2.17. The molecule has 0 saturated heterocycles. The van der Waals surface area contributed by atoms with Crippen molar-refractivity contribution in [2.24, 2.45) is 5.92 Å². The van der Waals surface area contributed by atoms with Crippen molar-refractivity contribution in [1.29, 1.82) is 0 Å². The van der Waals surface area contributed by atoms with Gasteiger partial charge in [-0.25, -0.2) is 26.3 Å². The summed E-state index contributed by atoms with van der Waals surface area (Å²) in [6.07, 6.45) is 0. The van der Waals surface area contributed by atoms with Crippen LogP contribution in [0.1, 0.15) is 64.4 Å². The lowest BCUT2D eigenvalue weighted by atomic mass is 9.86. The molecule has 0 aliphatic rings. The number of phenolic OH excluding ortho intramolecular Hbond substituents is 2. The van der Waals surface area contributed by atoms with Crippen molar-refractivity contribution in [2.75, 3.05) is 0 Å². The number of carboxylic acids is 1. The summed E-state index contributed by atoms with van der Waals surface area (Å²) < 4.78 is 89.8. The number of phenols is 2. The van der Waals surface area contributed by atoms with E-state index >= 15 is 0 Å². The SMILES string of the molecule is CC(=O)Oc1c(C)n(C(=O)c2ccc(F)c(F)c2)c2ccc(O)c(F)c12.Cc1c(C(C(=O)O)C(C)C)c2c(F)c(O)ccc2n1C(=O)c1ccc(F)c(F)c1. The van der Waals surface area contributed by atoms with Gasteiger partial charge in [0.15, 0.2) is 52.2 Å². The topological polar surface area (TPSA) is 148 Å². The zero-order valence-corrected chi connectivity index (χ0v) is 29.5. The molecule has 10 nitrogen and oxygen atoms in total. The minimum absolute atomic E-state index is 0.00350. The third-order valence-electron chi connectivity index (χ3n) is 8.80. The van der Waals surface area contributed by atoms with Crippen LogP contribution in [0.3, 0.4) is 0 Å². The number of aromatic nitrogens is 2. The number of carbonyl (C=O) groups is 4. The molecule has 286 valence electrons. The first kappa shape index (κ1) is 39.6. The number of hydrogen-bond donors (Lipinski definition) is 3. The first-order valence-electron chi connectivity index (χ1n) is 16.2. The molecular weight excluding hydrogens is 738 g/mol. The zero-order chi connectivity index (χ0) is 40.8. The number of aromatic hydroxyl groups is 2. The number of carbonyl (C=O) groups excluding carboxylic acids is 3. The Kier molecular flexibility index (Phi) is 10.8. The van der Waals surface area contributed by atoms with E-state index in [1.165, 1.54) is 26.0 Å². The lowest BCUT2D eigenvalue weighted by molar-refractivity contribution is -0.140. The third-order valence-corrected chi connectivity index (χ3v) is 8.80. The van der Waals surface area contributed by atoms with E-state index in [1.807, 2.05) is 0 Å². The van der Waals surface area contributed by atoms with E-state index in [4.69, 9.17) is 4.74 Å². The number of aliphatic carboxylic acids is 1. The molecule has 1 atom stereocenters. The van der Waals surface area contributed by atoms with Gasteiger partial charge >= 0.3 is 11.9 Å². The van der Waals surface area contributed by atoms with Crippen molar-refractivity contribution in [3.8, 4) is 17.2 Å². The second-order valence-corrected chi connectivity index (χ2v) is 12.7. The Hall–Kier alpha value is -6.58. The van der Waals surface area contributed by atoms with E-state index in [0.717, 1.165) is 58.5 Å². The summed E-state index contributed by atoms with van der Waals surface area (Å²) in [7, 11) is 0. The molecule has 2 aromatic heterocycles. The number of rotatable bonds is 6. The summed E-state index contributed by atoms with van der Waals surface area (Å²) in [6, 6.07) is 9.79. The van der Waals surface area contributed by atoms with E-state index in [0.29, 0.717) is 6.07 Å². The highest BCUT2D eigenvalue weighted by Crippen LogP contribution is 2.41. The highest BCUT2D eigenvalue weighted by Gasteiger charge is 2.34. The Morgan fingerprint density at radius 1 is 0.636 bits per heavy atom. The standard InChI is InChI=1S/C21H18F3NO4.C18H12F3NO4/c1-9(2)16(21(28)29)17-10(3)25(14-6-7-15(26)19(24)18(14)17)20(27)11-4-5-12(22)13(23)8-11;1-8-17(26-9(2)23)15-13(5-6-14(24)16(15)21)22(8)18(25)10-3-4-11(19)12(20)7-10/h4-9,16,26H,1-3H3,(H,28,29);3-7,24H,1-2H3. The Morgan fingerprint density at radius 3 is 1.49 bits per heavy atom. The zero-order valence-electron chi connectivity index (χ0n) is 29.5. The summed E-state index contributed by atoms with van der Waals surface area (Å²) in [6.45, 7) is 7.22. The molecule has 0 radical (unpaired) electrons. The Balaban J connectivity index is 0.000000212. The first-order valence-corrected chi connectivity index (χ1v) is 16.2. The first-order chi connectivity index (χ1) is 25.8. The van der Waals surface area contributed by atoms with E-state index in [2.05, 4.69) is 0 Å². The molecule has 6 aromatic rings. The van der Waals surface area contributed by atoms with Crippen LogP contribution in [0.4, 0.5) is 26.3 Å². The minimum Gasteiger partial charge on any atom is -0.505 e. The van der Waals surface area contributed by atoms with Gasteiger partial charge in [0.1, 0.15) is 0 Å². The number of hydrogen-bond acceptors (Lipinski definition) is 7. The van der Waals surface area contributed by atoms with Crippen LogP contribution in [0.5, 0.6) is 17.2 Å². The Morgan fingerprint density at radius 2 is 1.07 bits per heavy atom. The molecule has 3 N–H and O–H groups in total. The molecule has 0 aliphatic heterocycles. The maximum atomic E-state index is 14.8. The maximum Gasteiger partial charge on any atom is 0.311 e. The molecule has 0 amide bonds. The third kappa shape index (κ3) is 7.10. The number of benzene rings is 4. The summed E-state index contributed by atoms with van der Waals surface area (Å²) in [5.74, 6) is -13.6. The largest absolute Gasteiger partial charge is 0.505 e. The molecule has 2 heterocycles. The molecule has 4 aromatic carbocycles. The number of carboxylic acid groups (broad SMARTS) is 1. The van der Waals surface area contributed by atoms with Crippen LogP contribution in [0.2, 0.25) is 0 Å². The van der Waals surface area contributed by atoms with Crippen LogP contribution in [0.15, 0.2) is 60.7 Å². The van der Waals surface area contributed by atoms with Crippen molar-refractivity contribution in [3.05, 3.63) is 124 Å². The van der Waals surface area contributed by atoms with Gasteiger partial charge in [0.25, 0.3) is 11.8 Å². The summed E-state index contributed by atoms with van der Waals surface area (Å²) in [4.78, 5) is 49.1. The van der Waals surface area contributed by atoms with E-state index in [1.54, 1.807) is 13.8 Å². The van der Waals surface area contributed by atoms with Crippen LogP contribution in [0, 0.1) is 54.7 Å². The summed E-state index contributed by atoms with van der Waals surface area (Å²) >= 11 is 0. The predicted molar refractivity (Wildman–Crippen MR) is 185 cm³/mol. The number of nitrogens with zero attached hydrogens (tertiary/aromatic N) is 2. The average molecular weight is 769 g/mol. The quantitative estimate of drug-likeness (QED) is 0.113. The van der Waals surface area contributed by atoms with Gasteiger partial charge in [-0.15, -0.1) is 0 Å². The van der Waals surface area contributed by atoms with E-state index in [9.17, 15) is 60.8 Å². The Bertz CT molecular complexity index is 2580. The number of esters is 1. The molecule has 0 spiro atoms.